The Morgan fingerprint density at radius 3 is 2.54 bits per heavy atom. The van der Waals surface area contributed by atoms with Crippen LogP contribution in [0.1, 0.15) is 46.5 Å². The summed E-state index contributed by atoms with van der Waals surface area (Å²) >= 11 is 0. The number of aryl methyl sites for hydroxylation is 1. The number of imidazole rings is 1. The van der Waals surface area contributed by atoms with Crippen LogP contribution in [0.25, 0.3) is 0 Å². The predicted molar refractivity (Wildman–Crippen MR) is 90.9 cm³/mol. The molecule has 1 fully saturated rings. The van der Waals surface area contributed by atoms with Crippen LogP contribution in [0.2, 0.25) is 0 Å². The van der Waals surface area contributed by atoms with Crippen molar-refractivity contribution in [2.24, 2.45) is 0 Å². The van der Waals surface area contributed by atoms with E-state index in [0.29, 0.717) is 6.54 Å². The van der Waals surface area contributed by atoms with E-state index in [1.54, 1.807) is 20.8 Å². The van der Waals surface area contributed by atoms with Crippen LogP contribution in [-0.2, 0) is 11.3 Å². The lowest BCUT2D eigenvalue weighted by atomic mass is 10.1. The Kier molecular flexibility index (Phi) is 5.93. The van der Waals surface area contributed by atoms with E-state index in [4.69, 9.17) is 4.74 Å². The Hall–Kier alpha value is -1.96. The van der Waals surface area contributed by atoms with E-state index in [2.05, 4.69) is 10.3 Å². The normalized spacial score (nSPS) is 16.1. The number of carbonyl (C=O) groups is 1. The largest absolute Gasteiger partial charge is 0.492 e. The molecule has 1 amide bonds. The zero-order valence-electron chi connectivity index (χ0n) is 14.7. The van der Waals surface area contributed by atoms with E-state index < -0.39 is 17.4 Å². The number of piperidine rings is 1. The molecule has 2 rings (SSSR count). The van der Waals surface area contributed by atoms with Gasteiger partial charge in [0, 0.05) is 6.54 Å². The van der Waals surface area contributed by atoms with E-state index >= 15 is 0 Å². The fraction of sp³-hybridized carbons (Fsp3) is 0.750. The lowest BCUT2D eigenvalue weighted by molar-refractivity contribution is 0.0609. The van der Waals surface area contributed by atoms with Gasteiger partial charge < -0.3 is 14.7 Å². The van der Waals surface area contributed by atoms with Gasteiger partial charge in [0.25, 0.3) is 0 Å². The number of hydrogen-bond donors (Lipinski definition) is 2. The van der Waals surface area contributed by atoms with Crippen LogP contribution in [0.5, 0.6) is 5.88 Å². The number of rotatable bonds is 5. The third kappa shape index (κ3) is 5.30. The lowest BCUT2D eigenvalue weighted by Crippen LogP contribution is -2.37. The van der Waals surface area contributed by atoms with Gasteiger partial charge in [-0.2, -0.15) is 4.68 Å². The molecule has 2 heterocycles. The second-order valence-electron chi connectivity index (χ2n) is 7.17. The van der Waals surface area contributed by atoms with Gasteiger partial charge in [-0.05, 0) is 59.7 Å². The molecule has 0 spiro atoms. The highest BCUT2D eigenvalue weighted by Crippen LogP contribution is 2.11. The van der Waals surface area contributed by atoms with E-state index in [1.165, 1.54) is 30.0 Å². The number of ether oxygens (including phenoxy) is 1. The van der Waals surface area contributed by atoms with E-state index in [-0.39, 0.29) is 5.88 Å². The quantitative estimate of drug-likeness (QED) is 0.852. The first kappa shape index (κ1) is 18.4. The molecule has 1 aliphatic heterocycles. The molecule has 0 aromatic carbocycles. The lowest BCUT2D eigenvalue weighted by Gasteiger charge is -2.26. The van der Waals surface area contributed by atoms with E-state index in [9.17, 15) is 14.7 Å². The van der Waals surface area contributed by atoms with Gasteiger partial charge in [-0.3, -0.25) is 4.57 Å². The molecule has 0 atom stereocenters. The molecule has 24 heavy (non-hydrogen) atoms. The summed E-state index contributed by atoms with van der Waals surface area (Å²) in [6.07, 6.45) is 5.12. The summed E-state index contributed by atoms with van der Waals surface area (Å²) in [4.78, 5) is 26.4. The second kappa shape index (κ2) is 7.74. The molecule has 0 unspecified atom stereocenters. The van der Waals surface area contributed by atoms with Crippen molar-refractivity contribution in [3.8, 4) is 5.88 Å². The van der Waals surface area contributed by atoms with Crippen LogP contribution in [0, 0.1) is 0 Å². The number of aromatic nitrogens is 2. The first-order valence-corrected chi connectivity index (χ1v) is 8.50. The first-order valence-electron chi connectivity index (χ1n) is 8.50. The molecule has 0 bridgehead atoms. The van der Waals surface area contributed by atoms with Crippen LogP contribution < -0.4 is 11.1 Å². The number of nitrogens with zero attached hydrogens (tertiary/aromatic N) is 3. The molecule has 1 aromatic rings. The number of hydrogen-bond acceptors (Lipinski definition) is 5. The molecule has 136 valence electrons. The molecule has 1 saturated heterocycles. The van der Waals surface area contributed by atoms with Gasteiger partial charge in [0.15, 0.2) is 0 Å². The topological polar surface area (TPSA) is 88.7 Å². The van der Waals surface area contributed by atoms with E-state index in [0.717, 1.165) is 30.7 Å². The third-order valence-corrected chi connectivity index (χ3v) is 3.86. The summed E-state index contributed by atoms with van der Waals surface area (Å²) in [7, 11) is 0. The third-order valence-electron chi connectivity index (χ3n) is 3.86. The minimum absolute atomic E-state index is 0.316. The summed E-state index contributed by atoms with van der Waals surface area (Å²) in [6, 6.07) is 0. The van der Waals surface area contributed by atoms with Crippen molar-refractivity contribution in [3.63, 3.8) is 0 Å². The summed E-state index contributed by atoms with van der Waals surface area (Å²) in [6.45, 7) is 8.81. The molecular weight excluding hydrogens is 312 g/mol. The average Bonchev–Trinajstić information content (AvgIpc) is 2.74. The van der Waals surface area contributed by atoms with Crippen LogP contribution in [-0.4, -0.2) is 50.6 Å². The van der Waals surface area contributed by atoms with Crippen molar-refractivity contribution in [3.05, 3.63) is 16.7 Å². The highest BCUT2D eigenvalue weighted by Gasteiger charge is 2.19. The van der Waals surface area contributed by atoms with Gasteiger partial charge >= 0.3 is 11.8 Å². The van der Waals surface area contributed by atoms with Gasteiger partial charge in [0.2, 0.25) is 5.88 Å². The molecule has 1 aromatic heterocycles. The zero-order valence-corrected chi connectivity index (χ0v) is 14.7. The highest BCUT2D eigenvalue weighted by molar-refractivity contribution is 5.76. The van der Waals surface area contributed by atoms with Crippen molar-refractivity contribution >= 4 is 6.09 Å². The average molecular weight is 340 g/mol. The molecule has 8 heteroatoms. The van der Waals surface area contributed by atoms with Crippen LogP contribution in [0.4, 0.5) is 4.79 Å². The van der Waals surface area contributed by atoms with Gasteiger partial charge in [0.1, 0.15) is 5.60 Å². The first-order chi connectivity index (χ1) is 11.3. The van der Waals surface area contributed by atoms with Crippen molar-refractivity contribution in [2.75, 3.05) is 25.1 Å². The van der Waals surface area contributed by atoms with Crippen molar-refractivity contribution < 1.29 is 14.6 Å². The SMILES string of the molecule is CC(C)(C)OC(=O)Nn1c(O)cn(CCCN2CCCCC2)c1=O. The van der Waals surface area contributed by atoms with Gasteiger partial charge in [-0.25, -0.2) is 15.0 Å². The molecule has 2 N–H and O–H groups in total. The number of carbonyl (C=O) groups excluding carboxylic acids is 1. The van der Waals surface area contributed by atoms with Gasteiger partial charge in [-0.15, -0.1) is 0 Å². The summed E-state index contributed by atoms with van der Waals surface area (Å²) in [5, 5.41) is 9.87. The molecule has 0 radical (unpaired) electrons. The monoisotopic (exact) mass is 340 g/mol. The van der Waals surface area contributed by atoms with Crippen LogP contribution >= 0.6 is 0 Å². The Morgan fingerprint density at radius 1 is 1.25 bits per heavy atom. The van der Waals surface area contributed by atoms with Crippen molar-refractivity contribution in [1.29, 1.82) is 0 Å². The van der Waals surface area contributed by atoms with Crippen LogP contribution in [0.3, 0.4) is 0 Å². The fourth-order valence-corrected chi connectivity index (χ4v) is 2.78. The van der Waals surface area contributed by atoms with Crippen molar-refractivity contribution in [1.82, 2.24) is 14.1 Å². The minimum atomic E-state index is -0.786. The van der Waals surface area contributed by atoms with E-state index in [1.807, 2.05) is 0 Å². The minimum Gasteiger partial charge on any atom is -0.492 e. The summed E-state index contributed by atoms with van der Waals surface area (Å²) in [5.41, 5.74) is 1.09. The fourth-order valence-electron chi connectivity index (χ4n) is 2.78. The molecule has 0 aliphatic carbocycles. The Bertz CT molecular complexity index is 609. The molecule has 1 aliphatic rings. The standard InChI is InChI=1S/C16H28N4O4/c1-16(2,3)24-14(22)17-20-13(21)12-19(15(20)23)11-7-10-18-8-5-4-6-9-18/h12,21H,4-11H2,1-3H3,(H,17,22). The Balaban J connectivity index is 1.90. The summed E-state index contributed by atoms with van der Waals surface area (Å²) < 4.78 is 7.28. The van der Waals surface area contributed by atoms with Gasteiger partial charge in [0.05, 0.1) is 6.20 Å². The van der Waals surface area contributed by atoms with Gasteiger partial charge in [-0.1, -0.05) is 6.42 Å². The Labute approximate surface area is 142 Å². The number of amides is 1. The second-order valence-corrected chi connectivity index (χ2v) is 7.17. The number of nitrogens with one attached hydrogen (secondary N) is 1. The summed E-state index contributed by atoms with van der Waals surface area (Å²) in [5.74, 6) is -0.316. The molecule has 0 saturated carbocycles. The zero-order chi connectivity index (χ0) is 17.7. The maximum Gasteiger partial charge on any atom is 0.427 e. The van der Waals surface area contributed by atoms with Crippen molar-refractivity contribution in [2.45, 2.75) is 58.6 Å². The number of likely N-dealkylation sites (tertiary alicyclic amines) is 1. The predicted octanol–water partition coefficient (Wildman–Crippen LogP) is 1.71. The Morgan fingerprint density at radius 2 is 1.92 bits per heavy atom. The maximum atomic E-state index is 12.3. The number of aromatic hydroxyl groups is 1. The highest BCUT2D eigenvalue weighted by atomic mass is 16.6. The smallest absolute Gasteiger partial charge is 0.427 e. The molecule has 8 nitrogen and oxygen atoms in total. The van der Waals surface area contributed by atoms with Crippen LogP contribution in [0.15, 0.2) is 11.0 Å². The molecular formula is C16H28N4O4. The maximum absolute atomic E-state index is 12.3.